The summed E-state index contributed by atoms with van der Waals surface area (Å²) < 4.78 is 13.7. The number of imide groups is 2. The largest absolute Gasteiger partial charge is 0.490 e. The molecule has 3 aromatic carbocycles. The van der Waals surface area contributed by atoms with Crippen molar-refractivity contribution in [3.63, 3.8) is 0 Å². The molecule has 1 unspecified atom stereocenters. The molecule has 0 radical (unpaired) electrons. The number of aromatic nitrogens is 5. The summed E-state index contributed by atoms with van der Waals surface area (Å²) >= 11 is 0. The zero-order valence-corrected chi connectivity index (χ0v) is 28.4. The van der Waals surface area contributed by atoms with Crippen LogP contribution in [0.1, 0.15) is 71.4 Å². The number of fused-ring (bicyclic) bond motifs is 1. The zero-order valence-electron chi connectivity index (χ0n) is 28.4. The molecule has 262 valence electrons. The number of amides is 4. The molecule has 5 aromatic rings. The van der Waals surface area contributed by atoms with Gasteiger partial charge in [-0.15, -0.1) is 5.10 Å². The van der Waals surface area contributed by atoms with Crippen LogP contribution in [0.5, 0.6) is 17.2 Å². The maximum absolute atomic E-state index is 13.2. The van der Waals surface area contributed by atoms with Gasteiger partial charge in [-0.1, -0.05) is 43.3 Å². The third-order valence-corrected chi connectivity index (χ3v) is 9.84. The van der Waals surface area contributed by atoms with Crippen LogP contribution in [0, 0.1) is 0 Å². The first-order valence-corrected chi connectivity index (χ1v) is 17.0. The van der Waals surface area contributed by atoms with Crippen molar-refractivity contribution >= 4 is 29.3 Å². The lowest BCUT2D eigenvalue weighted by molar-refractivity contribution is -0.136. The van der Waals surface area contributed by atoms with Crippen molar-refractivity contribution < 1.29 is 28.7 Å². The monoisotopic (exact) mass is 698 g/mol. The van der Waals surface area contributed by atoms with Gasteiger partial charge in [-0.3, -0.25) is 29.4 Å². The highest BCUT2D eigenvalue weighted by Crippen LogP contribution is 2.36. The van der Waals surface area contributed by atoms with Gasteiger partial charge in [0.05, 0.1) is 35.9 Å². The maximum atomic E-state index is 13.2. The summed E-state index contributed by atoms with van der Waals surface area (Å²) in [5, 5.41) is 13.3. The van der Waals surface area contributed by atoms with Gasteiger partial charge >= 0.3 is 0 Å². The van der Waals surface area contributed by atoms with E-state index in [9.17, 15) is 19.2 Å². The number of piperidine rings is 1. The van der Waals surface area contributed by atoms with E-state index < -0.39 is 29.7 Å². The van der Waals surface area contributed by atoms with Crippen molar-refractivity contribution in [1.29, 1.82) is 0 Å². The second kappa shape index (κ2) is 13.0. The van der Waals surface area contributed by atoms with Gasteiger partial charge in [-0.2, -0.15) is 4.68 Å². The van der Waals surface area contributed by atoms with Crippen LogP contribution in [0.2, 0.25) is 0 Å². The fourth-order valence-electron chi connectivity index (χ4n) is 6.76. The molecule has 4 heterocycles. The van der Waals surface area contributed by atoms with Crippen molar-refractivity contribution in [3.05, 3.63) is 114 Å². The summed E-state index contributed by atoms with van der Waals surface area (Å²) in [6.07, 6.45) is 8.18. The molecule has 2 aliphatic heterocycles. The van der Waals surface area contributed by atoms with Crippen molar-refractivity contribution in [2.75, 3.05) is 5.32 Å². The van der Waals surface area contributed by atoms with E-state index in [1.54, 1.807) is 43.0 Å². The lowest BCUT2D eigenvalue weighted by Crippen LogP contribution is -2.54. The first kappa shape index (κ1) is 32.7. The fraction of sp³-hybridized carbons (Fsp3) is 0.263. The molecule has 0 spiro atoms. The number of nitrogens with one attached hydrogen (secondary N) is 2. The minimum Gasteiger partial charge on any atom is -0.490 e. The van der Waals surface area contributed by atoms with Crippen molar-refractivity contribution in [2.24, 2.45) is 0 Å². The molecular formula is C38H34N8O6. The standard InChI is InChI=1S/C38H34N8O6/c1-38(2,23-5-10-27(11-6-23)52-29-20-39-37(40-21-29)45-16-15-41-44-45)22-3-8-26(9-4-22)51-28-17-25(18-28)42-24-7-12-30-31(19-24)36(50)46(35(30)49)32-13-14-33(47)43-34(32)48/h3-12,15-16,19-21,25,28,32,42H,13-14,17-18H2,1-2H3,(H,43,47,48). The number of carbonyl (C=O) groups excluding carboxylic acids is 4. The van der Waals surface area contributed by atoms with Crippen LogP contribution in [0.4, 0.5) is 5.69 Å². The van der Waals surface area contributed by atoms with Gasteiger partial charge in [-0.25, -0.2) is 9.97 Å². The zero-order chi connectivity index (χ0) is 36.0. The van der Waals surface area contributed by atoms with Crippen molar-refractivity contribution in [1.82, 2.24) is 35.2 Å². The third kappa shape index (κ3) is 6.23. The second-order valence-electron chi connectivity index (χ2n) is 13.6. The number of ether oxygens (including phenoxy) is 2. The average Bonchev–Trinajstić information content (AvgIpc) is 3.75. The topological polar surface area (TPSA) is 171 Å². The minimum absolute atomic E-state index is 0.0359. The van der Waals surface area contributed by atoms with Gasteiger partial charge in [0.2, 0.25) is 11.8 Å². The number of hydrogen-bond acceptors (Lipinski definition) is 11. The van der Waals surface area contributed by atoms with Crippen LogP contribution in [0.15, 0.2) is 91.5 Å². The van der Waals surface area contributed by atoms with E-state index in [0.29, 0.717) is 23.1 Å². The molecule has 52 heavy (non-hydrogen) atoms. The molecule has 1 atom stereocenters. The number of nitrogens with zero attached hydrogens (tertiary/aromatic N) is 6. The second-order valence-corrected chi connectivity index (χ2v) is 13.6. The van der Waals surface area contributed by atoms with Gasteiger partial charge in [-0.05, 0) is 60.0 Å². The summed E-state index contributed by atoms with van der Waals surface area (Å²) in [5.74, 6) is 0.307. The van der Waals surface area contributed by atoms with Gasteiger partial charge in [0.15, 0.2) is 5.75 Å². The van der Waals surface area contributed by atoms with Crippen LogP contribution in [-0.2, 0) is 15.0 Å². The molecule has 0 bridgehead atoms. The van der Waals surface area contributed by atoms with Gasteiger partial charge in [0.25, 0.3) is 17.8 Å². The predicted octanol–water partition coefficient (Wildman–Crippen LogP) is 4.60. The molecule has 14 heteroatoms. The predicted molar refractivity (Wildman–Crippen MR) is 186 cm³/mol. The van der Waals surface area contributed by atoms with Crippen molar-refractivity contribution in [3.8, 4) is 23.2 Å². The molecule has 2 N–H and O–H groups in total. The van der Waals surface area contributed by atoms with E-state index in [4.69, 9.17) is 9.47 Å². The Bertz CT molecular complexity index is 2160. The van der Waals surface area contributed by atoms with E-state index >= 15 is 0 Å². The molecule has 4 amide bonds. The van der Waals surface area contributed by atoms with Crippen LogP contribution < -0.4 is 20.1 Å². The number of benzene rings is 3. The smallest absolute Gasteiger partial charge is 0.262 e. The van der Waals surface area contributed by atoms with E-state index in [-0.39, 0.29) is 41.5 Å². The average molecular weight is 699 g/mol. The van der Waals surface area contributed by atoms with Crippen molar-refractivity contribution in [2.45, 2.75) is 63.1 Å². The van der Waals surface area contributed by atoms with E-state index in [2.05, 4.69) is 69.0 Å². The molecule has 14 nitrogen and oxygen atoms in total. The molecule has 3 aliphatic rings. The normalized spacial score (nSPS) is 19.9. The van der Waals surface area contributed by atoms with E-state index in [1.807, 2.05) is 24.3 Å². The molecule has 1 saturated heterocycles. The van der Waals surface area contributed by atoms with E-state index in [0.717, 1.165) is 34.6 Å². The number of rotatable bonds is 10. The number of carbonyl (C=O) groups is 4. The molecule has 1 aliphatic carbocycles. The lowest BCUT2D eigenvalue weighted by atomic mass is 9.78. The fourth-order valence-corrected chi connectivity index (χ4v) is 6.76. The Morgan fingerprint density at radius 2 is 1.50 bits per heavy atom. The summed E-state index contributed by atoms with van der Waals surface area (Å²) in [6.45, 7) is 4.35. The molecule has 2 aromatic heterocycles. The Balaban J connectivity index is 0.831. The number of anilines is 1. The Morgan fingerprint density at radius 1 is 0.827 bits per heavy atom. The number of hydrogen-bond donors (Lipinski definition) is 2. The summed E-state index contributed by atoms with van der Waals surface area (Å²) in [4.78, 5) is 59.6. The van der Waals surface area contributed by atoms with Crippen LogP contribution in [0.3, 0.4) is 0 Å². The van der Waals surface area contributed by atoms with E-state index in [1.165, 1.54) is 4.68 Å². The third-order valence-electron chi connectivity index (χ3n) is 9.84. The molecule has 2 fully saturated rings. The lowest BCUT2D eigenvalue weighted by Gasteiger charge is -2.36. The summed E-state index contributed by atoms with van der Waals surface area (Å²) in [7, 11) is 0. The maximum Gasteiger partial charge on any atom is 0.262 e. The summed E-state index contributed by atoms with van der Waals surface area (Å²) in [6, 6.07) is 20.3. The highest BCUT2D eigenvalue weighted by molar-refractivity contribution is 6.23. The summed E-state index contributed by atoms with van der Waals surface area (Å²) in [5.41, 5.74) is 3.21. The molecule has 8 rings (SSSR count). The highest BCUT2D eigenvalue weighted by atomic mass is 16.5. The van der Waals surface area contributed by atoms with Gasteiger partial charge < -0.3 is 14.8 Å². The highest BCUT2D eigenvalue weighted by Gasteiger charge is 2.45. The Morgan fingerprint density at radius 3 is 2.15 bits per heavy atom. The Kier molecular flexibility index (Phi) is 8.20. The van der Waals surface area contributed by atoms with Crippen LogP contribution in [-0.4, -0.2) is 71.7 Å². The minimum atomic E-state index is -0.989. The SMILES string of the molecule is CC(C)(c1ccc(Oc2cnc(-n3ccnn3)nc2)cc1)c1ccc(OC2CC(Nc3ccc4c(c3)C(=O)N(C3CCC(=O)NC3=O)C4=O)C2)cc1. The van der Waals surface area contributed by atoms with Crippen LogP contribution >= 0.6 is 0 Å². The first-order valence-electron chi connectivity index (χ1n) is 17.0. The quantitative estimate of drug-likeness (QED) is 0.196. The Labute approximate surface area is 298 Å². The molecular weight excluding hydrogens is 664 g/mol. The van der Waals surface area contributed by atoms with Gasteiger partial charge in [0, 0.05) is 36.4 Å². The van der Waals surface area contributed by atoms with Crippen LogP contribution in [0.25, 0.3) is 5.95 Å². The molecule has 1 saturated carbocycles. The van der Waals surface area contributed by atoms with Gasteiger partial charge in [0.1, 0.15) is 23.6 Å². The Hall–Kier alpha value is -6.44. The first-order chi connectivity index (χ1) is 25.1.